The number of aliphatic hydroxyl groups is 1. The minimum atomic E-state index is -0.700. The molecule has 7 heteroatoms. The molecule has 0 bridgehead atoms. The molecule has 1 N–H and O–H groups in total. The molecule has 1 aromatic carbocycles. The number of nitrogens with zero attached hydrogens (tertiary/aromatic N) is 5. The van der Waals surface area contributed by atoms with Gasteiger partial charge in [-0.05, 0) is 18.1 Å². The Kier molecular flexibility index (Phi) is 4.33. The van der Waals surface area contributed by atoms with Gasteiger partial charge in [0.05, 0.1) is 17.9 Å². The summed E-state index contributed by atoms with van der Waals surface area (Å²) in [5, 5.41) is 19.2. The predicted molar refractivity (Wildman–Crippen MR) is 90.5 cm³/mol. The Morgan fingerprint density at radius 1 is 1.24 bits per heavy atom. The monoisotopic (exact) mass is 339 g/mol. The fraction of sp³-hybridized carbons (Fsp3) is 0.389. The van der Waals surface area contributed by atoms with E-state index < -0.39 is 6.10 Å². The fourth-order valence-electron chi connectivity index (χ4n) is 3.23. The molecule has 0 saturated heterocycles. The molecule has 25 heavy (non-hydrogen) atoms. The molecular formula is C18H21N5O2. The lowest BCUT2D eigenvalue weighted by atomic mass is 10.1. The standard InChI is InChI=1S/C18H21N5O2/c1-13-19-17(21-25-13)12-22-8-5-9-23-15(11-22)10-16(20-23)18(24)14-6-3-2-4-7-14/h2-4,6-7,10,18,24H,5,8-9,11-12H2,1H3. The minimum absolute atomic E-state index is 0.586. The van der Waals surface area contributed by atoms with Crippen molar-refractivity contribution in [2.45, 2.75) is 39.1 Å². The van der Waals surface area contributed by atoms with Crippen LogP contribution in [0.2, 0.25) is 0 Å². The molecule has 2 aromatic heterocycles. The maximum absolute atomic E-state index is 10.6. The van der Waals surface area contributed by atoms with Gasteiger partial charge in [-0.1, -0.05) is 35.5 Å². The normalized spacial score (nSPS) is 16.4. The van der Waals surface area contributed by atoms with Crippen LogP contribution in [0.15, 0.2) is 40.9 Å². The molecule has 1 atom stereocenters. The summed E-state index contributed by atoms with van der Waals surface area (Å²) in [6.07, 6.45) is 0.292. The van der Waals surface area contributed by atoms with Crippen LogP contribution >= 0.6 is 0 Å². The van der Waals surface area contributed by atoms with Gasteiger partial charge in [-0.2, -0.15) is 10.1 Å². The predicted octanol–water partition coefficient (Wildman–Crippen LogP) is 2.06. The van der Waals surface area contributed by atoms with E-state index in [1.165, 1.54) is 0 Å². The summed E-state index contributed by atoms with van der Waals surface area (Å²) >= 11 is 0. The second kappa shape index (κ2) is 6.78. The first-order valence-electron chi connectivity index (χ1n) is 8.50. The summed E-state index contributed by atoms with van der Waals surface area (Å²) < 4.78 is 7.06. The van der Waals surface area contributed by atoms with E-state index in [0.717, 1.165) is 37.3 Å². The zero-order chi connectivity index (χ0) is 17.2. The van der Waals surface area contributed by atoms with Crippen LogP contribution in [0.5, 0.6) is 0 Å². The number of hydrogen-bond acceptors (Lipinski definition) is 6. The molecule has 0 spiro atoms. The van der Waals surface area contributed by atoms with Crippen molar-refractivity contribution in [3.8, 4) is 0 Å². The Balaban J connectivity index is 1.52. The Bertz CT molecular complexity index is 842. The van der Waals surface area contributed by atoms with E-state index in [4.69, 9.17) is 4.52 Å². The summed E-state index contributed by atoms with van der Waals surface area (Å²) in [6.45, 7) is 5.00. The van der Waals surface area contributed by atoms with Crippen LogP contribution in [0.25, 0.3) is 0 Å². The molecule has 0 radical (unpaired) electrons. The second-order valence-corrected chi connectivity index (χ2v) is 6.39. The number of aromatic nitrogens is 4. The first-order chi connectivity index (χ1) is 12.2. The van der Waals surface area contributed by atoms with Crippen LogP contribution < -0.4 is 0 Å². The Hall–Kier alpha value is -2.51. The number of rotatable bonds is 4. The van der Waals surface area contributed by atoms with Gasteiger partial charge >= 0.3 is 0 Å². The first-order valence-corrected chi connectivity index (χ1v) is 8.50. The number of aryl methyl sites for hydroxylation is 2. The third-order valence-electron chi connectivity index (χ3n) is 4.44. The molecule has 0 amide bonds. The molecular weight excluding hydrogens is 318 g/mol. The molecule has 1 aliphatic heterocycles. The smallest absolute Gasteiger partial charge is 0.223 e. The van der Waals surface area contributed by atoms with Gasteiger partial charge in [0.15, 0.2) is 5.82 Å². The number of fused-ring (bicyclic) bond motifs is 1. The molecule has 3 aromatic rings. The van der Waals surface area contributed by atoms with Crippen LogP contribution in [0.1, 0.15) is 41.2 Å². The Morgan fingerprint density at radius 3 is 2.84 bits per heavy atom. The highest BCUT2D eigenvalue weighted by Crippen LogP contribution is 2.23. The molecule has 1 unspecified atom stereocenters. The van der Waals surface area contributed by atoms with E-state index in [-0.39, 0.29) is 0 Å². The van der Waals surface area contributed by atoms with Gasteiger partial charge in [-0.15, -0.1) is 0 Å². The highest BCUT2D eigenvalue weighted by Gasteiger charge is 2.21. The molecule has 130 valence electrons. The van der Waals surface area contributed by atoms with E-state index in [9.17, 15) is 5.11 Å². The van der Waals surface area contributed by atoms with Gasteiger partial charge in [0.25, 0.3) is 0 Å². The molecule has 1 aliphatic rings. The van der Waals surface area contributed by atoms with E-state index in [0.29, 0.717) is 24.0 Å². The second-order valence-electron chi connectivity index (χ2n) is 6.39. The molecule has 7 nitrogen and oxygen atoms in total. The van der Waals surface area contributed by atoms with E-state index >= 15 is 0 Å². The molecule has 0 saturated carbocycles. The summed E-state index contributed by atoms with van der Waals surface area (Å²) in [4.78, 5) is 6.56. The van der Waals surface area contributed by atoms with E-state index in [2.05, 4.69) is 20.1 Å². The Morgan fingerprint density at radius 2 is 2.08 bits per heavy atom. The van der Waals surface area contributed by atoms with Crippen molar-refractivity contribution in [1.82, 2.24) is 24.8 Å². The average molecular weight is 339 g/mol. The zero-order valence-electron chi connectivity index (χ0n) is 14.2. The zero-order valence-corrected chi connectivity index (χ0v) is 14.2. The summed E-state index contributed by atoms with van der Waals surface area (Å²) in [5.41, 5.74) is 2.65. The highest BCUT2D eigenvalue weighted by atomic mass is 16.5. The molecule has 3 heterocycles. The van der Waals surface area contributed by atoms with Crippen molar-refractivity contribution in [3.05, 3.63) is 65.1 Å². The van der Waals surface area contributed by atoms with Gasteiger partial charge in [0.1, 0.15) is 6.10 Å². The van der Waals surface area contributed by atoms with Gasteiger partial charge in [0.2, 0.25) is 5.89 Å². The van der Waals surface area contributed by atoms with Crippen LogP contribution in [0.3, 0.4) is 0 Å². The molecule has 0 fully saturated rings. The van der Waals surface area contributed by atoms with Crippen molar-refractivity contribution < 1.29 is 9.63 Å². The lowest BCUT2D eigenvalue weighted by Crippen LogP contribution is -2.23. The van der Waals surface area contributed by atoms with Gasteiger partial charge in [-0.3, -0.25) is 9.58 Å². The minimum Gasteiger partial charge on any atom is -0.382 e. The van der Waals surface area contributed by atoms with Crippen molar-refractivity contribution in [1.29, 1.82) is 0 Å². The summed E-state index contributed by atoms with van der Waals surface area (Å²) in [5.74, 6) is 1.29. The first kappa shape index (κ1) is 16.0. The van der Waals surface area contributed by atoms with Crippen LogP contribution in [0.4, 0.5) is 0 Å². The quantitative estimate of drug-likeness (QED) is 0.784. The molecule has 4 rings (SSSR count). The lowest BCUT2D eigenvalue weighted by Gasteiger charge is -2.16. The summed E-state index contributed by atoms with van der Waals surface area (Å²) in [6, 6.07) is 11.6. The molecule has 0 aliphatic carbocycles. The fourth-order valence-corrected chi connectivity index (χ4v) is 3.23. The van der Waals surface area contributed by atoms with Crippen molar-refractivity contribution in [2.75, 3.05) is 6.54 Å². The van der Waals surface area contributed by atoms with Crippen LogP contribution in [0, 0.1) is 6.92 Å². The summed E-state index contributed by atoms with van der Waals surface area (Å²) in [7, 11) is 0. The van der Waals surface area contributed by atoms with Crippen molar-refractivity contribution >= 4 is 0 Å². The number of aliphatic hydroxyl groups excluding tert-OH is 1. The Labute approximate surface area is 145 Å². The van der Waals surface area contributed by atoms with Crippen molar-refractivity contribution in [2.24, 2.45) is 0 Å². The van der Waals surface area contributed by atoms with E-state index in [1.807, 2.05) is 41.1 Å². The highest BCUT2D eigenvalue weighted by molar-refractivity contribution is 5.26. The largest absolute Gasteiger partial charge is 0.382 e. The van der Waals surface area contributed by atoms with Crippen LogP contribution in [-0.4, -0.2) is 36.5 Å². The SMILES string of the molecule is Cc1nc(CN2CCCn3nc(C(O)c4ccccc4)cc3C2)no1. The van der Waals surface area contributed by atoms with Crippen LogP contribution in [-0.2, 0) is 19.6 Å². The average Bonchev–Trinajstić information content (AvgIpc) is 3.16. The third-order valence-corrected chi connectivity index (χ3v) is 4.44. The van der Waals surface area contributed by atoms with Gasteiger partial charge in [0, 0.05) is 26.6 Å². The van der Waals surface area contributed by atoms with Crippen molar-refractivity contribution in [3.63, 3.8) is 0 Å². The van der Waals surface area contributed by atoms with E-state index in [1.54, 1.807) is 6.92 Å². The lowest BCUT2D eigenvalue weighted by molar-refractivity contribution is 0.213. The maximum Gasteiger partial charge on any atom is 0.223 e. The number of hydrogen-bond donors (Lipinski definition) is 1. The number of benzene rings is 1. The van der Waals surface area contributed by atoms with Gasteiger partial charge in [-0.25, -0.2) is 0 Å². The topological polar surface area (TPSA) is 80.2 Å². The van der Waals surface area contributed by atoms with Gasteiger partial charge < -0.3 is 9.63 Å². The maximum atomic E-state index is 10.6. The third kappa shape index (κ3) is 3.47.